The Bertz CT molecular complexity index is 5790. The van der Waals surface area contributed by atoms with Crippen LogP contribution in [0.5, 0.6) is 0 Å². The number of hydrogen-bond acceptors (Lipinski definition) is 28. The number of carbonyl (C=O) groups is 4. The molecule has 1 aromatic carbocycles. The molecule has 0 bridgehead atoms. The minimum atomic E-state index is -0.0300. The smallest absolute Gasteiger partial charge is 0.272 e. The van der Waals surface area contributed by atoms with Gasteiger partial charge in [-0.05, 0) is 177 Å². The topological polar surface area (TPSA) is 300 Å². The Balaban J connectivity index is 0.000000124. The molecule has 0 aliphatic carbocycles. The second-order valence-corrected chi connectivity index (χ2v) is 37.1. The summed E-state index contributed by atoms with van der Waals surface area (Å²) in [6, 6.07) is 34.6. The predicted octanol–water partition coefficient (Wildman–Crippen LogP) is 10.3. The third-order valence-electron chi connectivity index (χ3n) is 26.4. The number of aromatic nitrogens is 12. The molecule has 8 saturated heterocycles. The van der Waals surface area contributed by atoms with Gasteiger partial charge >= 0.3 is 0 Å². The monoisotopic (exact) mass is 1820 g/mol. The molecule has 12 aromatic rings. The normalized spacial score (nSPS) is 17.1. The Labute approximate surface area is 785 Å². The van der Waals surface area contributed by atoms with E-state index in [9.17, 15) is 19.2 Å². The molecule has 11 aromatic heterocycles. The minimum Gasteiger partial charge on any atom is -0.369 e. The molecule has 20 rings (SSSR count). The zero-order chi connectivity index (χ0) is 93.0. The van der Waals surface area contributed by atoms with Crippen molar-refractivity contribution in [3.05, 3.63) is 169 Å². The van der Waals surface area contributed by atoms with Crippen molar-refractivity contribution in [2.75, 3.05) is 296 Å². The van der Waals surface area contributed by atoms with Crippen molar-refractivity contribution in [1.29, 1.82) is 0 Å². The molecule has 8 fully saturated rings. The van der Waals surface area contributed by atoms with E-state index in [4.69, 9.17) is 4.98 Å². The number of fused-ring (bicyclic) bond motifs is 4. The van der Waals surface area contributed by atoms with Crippen LogP contribution < -0.4 is 66.2 Å². The molecule has 36 heteroatoms. The maximum absolute atomic E-state index is 13.0. The van der Waals surface area contributed by atoms with E-state index in [2.05, 4.69) is 193 Å². The predicted molar refractivity (Wildman–Crippen MR) is 538 cm³/mol. The Kier molecular flexibility index (Phi) is 29.2. The van der Waals surface area contributed by atoms with Crippen LogP contribution in [-0.4, -0.2) is 351 Å². The number of carbonyl (C=O) groups excluding carboxylic acids is 4. The van der Waals surface area contributed by atoms with E-state index >= 15 is 0 Å². The largest absolute Gasteiger partial charge is 0.369 e. The Hall–Kier alpha value is -13.3. The molecule has 19 heterocycles. The van der Waals surface area contributed by atoms with Gasteiger partial charge in [-0.2, -0.15) is 4.98 Å². The number of amides is 4. The average Bonchev–Trinajstić information content (AvgIpc) is 1.64. The van der Waals surface area contributed by atoms with Crippen molar-refractivity contribution < 1.29 is 19.2 Å². The molecule has 5 N–H and O–H groups in total. The van der Waals surface area contributed by atoms with Gasteiger partial charge in [-0.3, -0.25) is 33.2 Å². The van der Waals surface area contributed by atoms with Crippen LogP contribution in [0, 0.1) is 0 Å². The third-order valence-corrected chi connectivity index (χ3v) is 26.4. The number of piperazine rings is 4. The highest BCUT2D eigenvalue weighted by Crippen LogP contribution is 2.34. The number of piperidine rings is 3. The van der Waals surface area contributed by atoms with E-state index in [1.54, 1.807) is 82.2 Å². The Morgan fingerprint density at radius 2 is 0.567 bits per heavy atom. The van der Waals surface area contributed by atoms with Gasteiger partial charge in [0.15, 0.2) is 5.65 Å². The summed E-state index contributed by atoms with van der Waals surface area (Å²) in [5.74, 6) is 4.89. The average molecular weight is 1820 g/mol. The number of benzene rings is 1. The highest BCUT2D eigenvalue weighted by atomic mass is 16.2. The summed E-state index contributed by atoms with van der Waals surface area (Å²) in [7, 11) is 20.8. The molecule has 8 aliphatic heterocycles. The number of likely N-dealkylation sites (N-methyl/N-ethyl adjacent to an activating group) is 3. The van der Waals surface area contributed by atoms with Crippen molar-refractivity contribution in [3.8, 4) is 0 Å². The van der Waals surface area contributed by atoms with E-state index in [0.717, 1.165) is 292 Å². The van der Waals surface area contributed by atoms with Crippen LogP contribution in [0.2, 0.25) is 0 Å². The zero-order valence-electron chi connectivity index (χ0n) is 79.8. The van der Waals surface area contributed by atoms with Crippen LogP contribution in [0.25, 0.3) is 43.7 Å². The van der Waals surface area contributed by atoms with Crippen molar-refractivity contribution >= 4 is 137 Å². The van der Waals surface area contributed by atoms with E-state index in [-0.39, 0.29) is 23.6 Å². The number of hydrogen-bond donors (Lipinski definition) is 5. The van der Waals surface area contributed by atoms with E-state index in [1.807, 2.05) is 103 Å². The number of pyridine rings is 6. The van der Waals surface area contributed by atoms with Gasteiger partial charge in [0.25, 0.3) is 23.6 Å². The number of anilines is 12. The molecule has 708 valence electrons. The first-order valence-corrected chi connectivity index (χ1v) is 47.7. The molecule has 0 saturated carbocycles. The molecule has 36 nitrogen and oxygen atoms in total. The van der Waals surface area contributed by atoms with Gasteiger partial charge in [0.2, 0.25) is 5.95 Å². The Morgan fingerprint density at radius 1 is 0.284 bits per heavy atom. The van der Waals surface area contributed by atoms with E-state index < -0.39 is 0 Å². The first kappa shape index (κ1) is 92.5. The van der Waals surface area contributed by atoms with Gasteiger partial charge in [-0.1, -0.05) is 0 Å². The zero-order valence-corrected chi connectivity index (χ0v) is 79.8. The first-order valence-electron chi connectivity index (χ1n) is 47.7. The van der Waals surface area contributed by atoms with Gasteiger partial charge in [-0.15, -0.1) is 0 Å². The molecule has 0 spiro atoms. The summed E-state index contributed by atoms with van der Waals surface area (Å²) >= 11 is 0. The lowest BCUT2D eigenvalue weighted by Crippen LogP contribution is -2.44. The second kappa shape index (κ2) is 42.3. The molecule has 8 aliphatic rings. The van der Waals surface area contributed by atoms with Gasteiger partial charge in [-0.25, -0.2) is 39.6 Å². The van der Waals surface area contributed by atoms with Gasteiger partial charge in [0.05, 0.1) is 52.2 Å². The van der Waals surface area contributed by atoms with Crippen molar-refractivity contribution in [2.24, 2.45) is 0 Å². The van der Waals surface area contributed by atoms with Crippen LogP contribution in [-0.2, 0) is 0 Å². The molecule has 0 unspecified atom stereocenters. The highest BCUT2D eigenvalue weighted by Gasteiger charge is 2.31. The summed E-state index contributed by atoms with van der Waals surface area (Å²) < 4.78 is 8.25. The Morgan fingerprint density at radius 3 is 0.896 bits per heavy atom. The number of rotatable bonds is 20. The quantitative estimate of drug-likeness (QED) is 0.0474. The molecular weight excluding hydrogens is 1690 g/mol. The van der Waals surface area contributed by atoms with Crippen molar-refractivity contribution in [1.82, 2.24) is 98.2 Å². The third kappa shape index (κ3) is 21.6. The summed E-state index contributed by atoms with van der Waals surface area (Å²) in [6.45, 7) is 24.1. The number of nitrogens with zero attached hydrogens (tertiary/aromatic N) is 27. The molecular formula is C98H132N32O4. The fraction of sp³-hybridized carbons (Fsp3) is 0.469. The lowest BCUT2D eigenvalue weighted by atomic mass is 10.2. The maximum atomic E-state index is 13.0. The highest BCUT2D eigenvalue weighted by molar-refractivity contribution is 6.02. The van der Waals surface area contributed by atoms with Crippen LogP contribution >= 0.6 is 0 Å². The summed E-state index contributed by atoms with van der Waals surface area (Å²) in [5.41, 5.74) is 12.0. The SMILES string of the molecule is CN(C)C(=O)c1cc2cnc(Nc3ccc(N4CCNCC4)cn3)cc2n1N1CCCCC1.CN1CCN(c2ccc(Nc3cc4c(cn3)cc(C(=O)N(C)C)n4N3CCCC3)nc2)CC1.CN1CCN(c2ccc(Nc3cc4c(cn3)cc(C(=O)N(C)C)n4N3CCCCC3)nc2)CC1.CN1CCN(c2ccc(Nc3ncc4cc(C(=O)N(C)C)n(N5CCCCC5)c4n3)cc2)CC1. The van der Waals surface area contributed by atoms with Crippen LogP contribution in [0.4, 0.5) is 69.3 Å². The number of nitrogens with one attached hydrogen (secondary N) is 5. The lowest BCUT2D eigenvalue weighted by Gasteiger charge is -2.34. The molecule has 0 atom stereocenters. The van der Waals surface area contributed by atoms with Crippen LogP contribution in [0.3, 0.4) is 0 Å². The summed E-state index contributed by atoms with van der Waals surface area (Å²) in [5, 5.41) is 29.5. The maximum Gasteiger partial charge on any atom is 0.272 e. The van der Waals surface area contributed by atoms with Gasteiger partial charge in [0, 0.05) is 289 Å². The summed E-state index contributed by atoms with van der Waals surface area (Å²) in [6.07, 6.45) is 25.8. The van der Waals surface area contributed by atoms with Crippen molar-refractivity contribution in [3.63, 3.8) is 0 Å². The first-order chi connectivity index (χ1) is 65.1. The van der Waals surface area contributed by atoms with E-state index in [0.29, 0.717) is 46.2 Å². The fourth-order valence-electron chi connectivity index (χ4n) is 18.7. The summed E-state index contributed by atoms with van der Waals surface area (Å²) in [4.78, 5) is 112. The van der Waals surface area contributed by atoms with Gasteiger partial charge in [0.1, 0.15) is 57.7 Å². The fourth-order valence-corrected chi connectivity index (χ4v) is 18.7. The van der Waals surface area contributed by atoms with Crippen LogP contribution in [0.1, 0.15) is 113 Å². The molecule has 0 radical (unpaired) electrons. The molecule has 4 amide bonds. The van der Waals surface area contributed by atoms with Crippen LogP contribution in [0.15, 0.2) is 147 Å². The standard InChI is InChI=1S/2C25H34N8O.2C24H32N8O/c1-29(2)24(34)22-17-19-18-26-25(28-23(19)33(22)32-11-5-4-6-12-32)27-20-7-9-21(10-8-20)31-15-13-30(3)14-16-31;1-29(2)25(34)22-15-19-17-26-24(16-21(19)33(22)32-9-5-4-6-10-32)28-23-8-7-20(18-27-23)31-13-11-30(3)12-14-31;1-28(2)24(33)21-14-18-16-25-23(15-20(18)32(21)31-8-4-5-9-31)27-22-7-6-19(17-26-22)30-12-10-29(3)11-13-30;1-29(2)24(33)21-14-18-16-26-23(15-20(18)32(21)31-10-4-3-5-11-31)28-22-7-6-19(17-27-22)30-12-8-25-9-13-30/h7-10,17-18H,4-6,11-16H2,1-3H3,(H,26,27,28);7-8,15-18H,4-6,9-14H2,1-3H3,(H,26,27,28);6-7,14-17H,4-5,8-13H2,1-3H3,(H,25,26,27);6-7,14-17,25H,3-5,8-13H2,1-2H3,(H,26,27,28). The lowest BCUT2D eigenvalue weighted by molar-refractivity contribution is 0.0809. The van der Waals surface area contributed by atoms with Crippen molar-refractivity contribution in [2.45, 2.75) is 70.6 Å². The second-order valence-electron chi connectivity index (χ2n) is 37.1. The van der Waals surface area contributed by atoms with E-state index in [1.165, 1.54) is 24.9 Å². The molecule has 134 heavy (non-hydrogen) atoms. The van der Waals surface area contributed by atoms with Gasteiger partial charge < -0.3 is 101 Å². The minimum absolute atomic E-state index is 0.00237.